The summed E-state index contributed by atoms with van der Waals surface area (Å²) in [6.45, 7) is 0.686. The van der Waals surface area contributed by atoms with Crippen molar-refractivity contribution < 1.29 is 19.4 Å². The van der Waals surface area contributed by atoms with Crippen LogP contribution in [0.4, 0.5) is 0 Å². The van der Waals surface area contributed by atoms with Gasteiger partial charge in [-0.1, -0.05) is 23.7 Å². The molecule has 1 aliphatic carbocycles. The molecular weight excluding hydrogens is 318 g/mol. The maximum atomic E-state index is 12.6. The summed E-state index contributed by atoms with van der Waals surface area (Å²) < 4.78 is 4.76. The summed E-state index contributed by atoms with van der Waals surface area (Å²) in [5.74, 6) is -0.681. The molecule has 0 unspecified atom stereocenters. The van der Waals surface area contributed by atoms with Crippen LogP contribution in [0.15, 0.2) is 24.3 Å². The van der Waals surface area contributed by atoms with E-state index in [1.165, 1.54) is 7.11 Å². The van der Waals surface area contributed by atoms with Gasteiger partial charge >= 0.3 is 5.97 Å². The topological polar surface area (TPSA) is 66.8 Å². The first-order valence-electron chi connectivity index (χ1n) is 7.73. The largest absolute Gasteiger partial charge is 0.468 e. The predicted octanol–water partition coefficient (Wildman–Crippen LogP) is 1.80. The number of hydrogen-bond donors (Lipinski definition) is 1. The molecule has 5 nitrogen and oxygen atoms in total. The monoisotopic (exact) mass is 337 g/mol. The number of halogens is 1. The van der Waals surface area contributed by atoms with Crippen LogP contribution in [-0.2, 0) is 20.7 Å². The lowest BCUT2D eigenvalue weighted by atomic mass is 9.94. The van der Waals surface area contributed by atoms with E-state index in [-0.39, 0.29) is 12.5 Å². The maximum Gasteiger partial charge on any atom is 0.321 e. The molecule has 1 heterocycles. The van der Waals surface area contributed by atoms with E-state index in [9.17, 15) is 14.7 Å². The Hall–Kier alpha value is -1.59. The molecule has 2 aliphatic rings. The summed E-state index contributed by atoms with van der Waals surface area (Å²) in [4.78, 5) is 26.0. The summed E-state index contributed by atoms with van der Waals surface area (Å²) in [5.41, 5.74) is -1.05. The first-order valence-corrected chi connectivity index (χ1v) is 8.11. The van der Waals surface area contributed by atoms with Crippen LogP contribution in [0.1, 0.15) is 24.8 Å². The Morgan fingerprint density at radius 3 is 2.70 bits per heavy atom. The van der Waals surface area contributed by atoms with Crippen molar-refractivity contribution in [1.82, 2.24) is 4.90 Å². The Morgan fingerprint density at radius 1 is 1.35 bits per heavy atom. The highest BCUT2D eigenvalue weighted by molar-refractivity contribution is 6.30. The average molecular weight is 338 g/mol. The average Bonchev–Trinajstić information content (AvgIpc) is 3.24. The number of nitrogens with zero attached hydrogens (tertiary/aromatic N) is 1. The highest BCUT2D eigenvalue weighted by atomic mass is 35.5. The number of amides is 1. The minimum absolute atomic E-state index is 0.216. The maximum absolute atomic E-state index is 12.6. The molecule has 1 saturated carbocycles. The molecule has 2 fully saturated rings. The van der Waals surface area contributed by atoms with Crippen LogP contribution in [0.3, 0.4) is 0 Å². The summed E-state index contributed by atoms with van der Waals surface area (Å²) >= 11 is 5.98. The molecule has 23 heavy (non-hydrogen) atoms. The molecule has 1 N–H and O–H groups in total. The lowest BCUT2D eigenvalue weighted by Gasteiger charge is -2.25. The quantitative estimate of drug-likeness (QED) is 0.672. The van der Waals surface area contributed by atoms with Crippen LogP contribution in [0.2, 0.25) is 5.02 Å². The van der Waals surface area contributed by atoms with Crippen molar-refractivity contribution in [2.45, 2.75) is 31.3 Å². The zero-order valence-electron chi connectivity index (χ0n) is 13.0. The van der Waals surface area contributed by atoms with Gasteiger partial charge in [-0.2, -0.15) is 0 Å². The van der Waals surface area contributed by atoms with Crippen molar-refractivity contribution in [2.24, 2.45) is 5.41 Å². The molecule has 1 saturated heterocycles. The fourth-order valence-electron chi connectivity index (χ4n) is 3.33. The first kappa shape index (κ1) is 16.3. The van der Waals surface area contributed by atoms with Crippen molar-refractivity contribution in [3.63, 3.8) is 0 Å². The smallest absolute Gasteiger partial charge is 0.321 e. The summed E-state index contributed by atoms with van der Waals surface area (Å²) in [5, 5.41) is 11.4. The number of carbonyl (C=O) groups is 2. The summed E-state index contributed by atoms with van der Waals surface area (Å²) in [6.07, 6.45) is 1.98. The molecular formula is C17H20ClNO4. The van der Waals surface area contributed by atoms with Gasteiger partial charge in [0.15, 0.2) is 0 Å². The van der Waals surface area contributed by atoms with E-state index in [4.69, 9.17) is 16.3 Å². The molecule has 1 atom stereocenters. The van der Waals surface area contributed by atoms with Crippen LogP contribution in [0.25, 0.3) is 0 Å². The standard InChI is InChI=1S/C17H20ClNO4/c1-23-15(21)17(5-6-17)14(20)19-8-7-16(22,11-19)10-12-3-2-4-13(18)9-12/h2-4,9,22H,5-8,10-11H2,1H3/t16-/m1/s1. The van der Waals surface area contributed by atoms with Crippen molar-refractivity contribution in [2.75, 3.05) is 20.2 Å². The van der Waals surface area contributed by atoms with Gasteiger partial charge in [-0.15, -0.1) is 0 Å². The zero-order valence-corrected chi connectivity index (χ0v) is 13.8. The van der Waals surface area contributed by atoms with Crippen molar-refractivity contribution >= 4 is 23.5 Å². The Morgan fingerprint density at radius 2 is 2.09 bits per heavy atom. The van der Waals surface area contributed by atoms with Crippen LogP contribution in [0, 0.1) is 5.41 Å². The number of aliphatic hydroxyl groups is 1. The second kappa shape index (κ2) is 5.80. The fourth-order valence-corrected chi connectivity index (χ4v) is 3.54. The molecule has 6 heteroatoms. The number of carbonyl (C=O) groups excluding carboxylic acids is 2. The van der Waals surface area contributed by atoms with Crippen molar-refractivity contribution in [3.8, 4) is 0 Å². The Balaban J connectivity index is 1.68. The van der Waals surface area contributed by atoms with Gasteiger partial charge in [-0.25, -0.2) is 0 Å². The van der Waals surface area contributed by atoms with Crippen LogP contribution >= 0.6 is 11.6 Å². The van der Waals surface area contributed by atoms with Gasteiger partial charge in [0.25, 0.3) is 0 Å². The number of rotatable bonds is 4. The zero-order chi connectivity index (χ0) is 16.7. The lowest BCUT2D eigenvalue weighted by molar-refractivity contribution is -0.156. The van der Waals surface area contributed by atoms with E-state index in [0.717, 1.165) is 5.56 Å². The fraction of sp³-hybridized carbons (Fsp3) is 0.529. The van der Waals surface area contributed by atoms with Crippen LogP contribution in [0.5, 0.6) is 0 Å². The molecule has 3 rings (SSSR count). The highest BCUT2D eigenvalue weighted by Gasteiger charge is 2.60. The van der Waals surface area contributed by atoms with Crippen LogP contribution < -0.4 is 0 Å². The van der Waals surface area contributed by atoms with Gasteiger partial charge in [0.1, 0.15) is 5.41 Å². The molecule has 1 aromatic rings. The number of β-amino-alcohol motifs (C(OH)–C–C–N with tert-alkyl or cyclic N) is 1. The van der Waals surface area contributed by atoms with Gasteiger partial charge < -0.3 is 14.7 Å². The molecule has 0 bridgehead atoms. The number of benzene rings is 1. The third-order valence-corrected chi connectivity index (χ3v) is 5.01. The van der Waals surface area contributed by atoms with Gasteiger partial charge in [-0.3, -0.25) is 9.59 Å². The van der Waals surface area contributed by atoms with Gasteiger partial charge in [0, 0.05) is 24.5 Å². The van der Waals surface area contributed by atoms with Gasteiger partial charge in [-0.05, 0) is 37.0 Å². The van der Waals surface area contributed by atoms with Crippen LogP contribution in [-0.4, -0.2) is 47.7 Å². The molecule has 0 spiro atoms. The number of likely N-dealkylation sites (tertiary alicyclic amines) is 1. The number of ether oxygens (including phenoxy) is 1. The SMILES string of the molecule is COC(=O)C1(C(=O)N2CC[C@@](O)(Cc3cccc(Cl)c3)C2)CC1. The minimum Gasteiger partial charge on any atom is -0.468 e. The Kier molecular flexibility index (Phi) is 4.10. The highest BCUT2D eigenvalue weighted by Crippen LogP contribution is 2.49. The van der Waals surface area contributed by atoms with E-state index >= 15 is 0 Å². The minimum atomic E-state index is -1.00. The third-order valence-electron chi connectivity index (χ3n) is 4.78. The number of methoxy groups -OCH3 is 1. The predicted molar refractivity (Wildman–Crippen MR) is 85.0 cm³/mol. The van der Waals surface area contributed by atoms with Gasteiger partial charge in [0.2, 0.25) is 5.91 Å². The molecule has 0 radical (unpaired) electrons. The Labute approximate surface area is 140 Å². The summed E-state index contributed by atoms with van der Waals surface area (Å²) in [6, 6.07) is 7.36. The van der Waals surface area contributed by atoms with E-state index in [1.807, 2.05) is 18.2 Å². The van der Waals surface area contributed by atoms with E-state index in [0.29, 0.717) is 37.3 Å². The van der Waals surface area contributed by atoms with E-state index < -0.39 is 17.0 Å². The molecule has 1 amide bonds. The first-order chi connectivity index (χ1) is 10.9. The van der Waals surface area contributed by atoms with Crippen molar-refractivity contribution in [1.29, 1.82) is 0 Å². The molecule has 0 aromatic heterocycles. The van der Waals surface area contributed by atoms with Crippen molar-refractivity contribution in [3.05, 3.63) is 34.9 Å². The van der Waals surface area contributed by atoms with E-state index in [2.05, 4.69) is 0 Å². The van der Waals surface area contributed by atoms with Gasteiger partial charge in [0.05, 0.1) is 12.7 Å². The lowest BCUT2D eigenvalue weighted by Crippen LogP contribution is -2.43. The Bertz CT molecular complexity index is 643. The molecule has 1 aliphatic heterocycles. The second-order valence-electron chi connectivity index (χ2n) is 6.58. The molecule has 1 aromatic carbocycles. The molecule has 124 valence electrons. The second-order valence-corrected chi connectivity index (χ2v) is 7.02. The number of esters is 1. The number of hydrogen-bond acceptors (Lipinski definition) is 4. The summed E-state index contributed by atoms with van der Waals surface area (Å²) in [7, 11) is 1.30. The third kappa shape index (κ3) is 3.08. The normalized spacial score (nSPS) is 25.3. The van der Waals surface area contributed by atoms with E-state index in [1.54, 1.807) is 11.0 Å².